The highest BCUT2D eigenvalue weighted by atomic mass is 35.5. The van der Waals surface area contributed by atoms with Crippen molar-refractivity contribution in [1.29, 1.82) is 0 Å². The van der Waals surface area contributed by atoms with Crippen LogP contribution in [0.4, 0.5) is 0 Å². The number of amides is 1. The normalized spacial score (nSPS) is 24.6. The molecule has 1 fully saturated rings. The Labute approximate surface area is 162 Å². The number of halogens is 1. The number of hydrogen-bond acceptors (Lipinski definition) is 5. The standard InChI is InChI=1S/C19H30N2O4.ClH/c1-6-24-16-11-19(20,18(16,3)4)17(22)21-12-13(2)25-15-10-8-7-9-14(15)23-5;/h7-10,13,16H,6,11-12,20H2,1-5H3,(H,21,22);1H. The molecule has 2 rings (SSSR count). The third kappa shape index (κ3) is 4.24. The monoisotopic (exact) mass is 386 g/mol. The van der Waals surface area contributed by atoms with E-state index in [1.165, 1.54) is 0 Å². The Morgan fingerprint density at radius 3 is 2.50 bits per heavy atom. The van der Waals surface area contributed by atoms with Crippen molar-refractivity contribution in [3.8, 4) is 11.5 Å². The Bertz CT molecular complexity index is 611. The van der Waals surface area contributed by atoms with Gasteiger partial charge in [0.1, 0.15) is 11.6 Å². The summed E-state index contributed by atoms with van der Waals surface area (Å²) in [7, 11) is 1.60. The van der Waals surface area contributed by atoms with Crippen LogP contribution >= 0.6 is 12.4 Å². The first-order chi connectivity index (χ1) is 11.8. The van der Waals surface area contributed by atoms with Gasteiger partial charge in [-0.1, -0.05) is 26.0 Å². The van der Waals surface area contributed by atoms with E-state index in [4.69, 9.17) is 19.9 Å². The minimum Gasteiger partial charge on any atom is -0.493 e. The number of carbonyl (C=O) groups excluding carboxylic acids is 1. The topological polar surface area (TPSA) is 82.8 Å². The van der Waals surface area contributed by atoms with E-state index in [9.17, 15) is 4.79 Å². The zero-order chi connectivity index (χ0) is 18.7. The van der Waals surface area contributed by atoms with Crippen molar-refractivity contribution in [2.24, 2.45) is 11.1 Å². The predicted octanol–water partition coefficient (Wildman–Crippen LogP) is 2.53. The molecule has 1 amide bonds. The maximum atomic E-state index is 12.6. The molecule has 1 aliphatic rings. The Kier molecular flexibility index (Phi) is 7.74. The largest absolute Gasteiger partial charge is 0.493 e. The zero-order valence-corrected chi connectivity index (χ0v) is 17.0. The van der Waals surface area contributed by atoms with Gasteiger partial charge in [0.2, 0.25) is 5.91 Å². The summed E-state index contributed by atoms with van der Waals surface area (Å²) in [4.78, 5) is 12.6. The molecular formula is C19H31ClN2O4. The Hall–Kier alpha value is -1.50. The van der Waals surface area contributed by atoms with E-state index in [1.54, 1.807) is 7.11 Å². The molecule has 0 aliphatic heterocycles. The second-order valence-corrected chi connectivity index (χ2v) is 7.13. The zero-order valence-electron chi connectivity index (χ0n) is 16.2. The van der Waals surface area contributed by atoms with Crippen LogP contribution in [-0.2, 0) is 9.53 Å². The van der Waals surface area contributed by atoms with Crippen LogP contribution in [0.3, 0.4) is 0 Å². The van der Waals surface area contributed by atoms with Crippen molar-refractivity contribution >= 4 is 18.3 Å². The van der Waals surface area contributed by atoms with Crippen LogP contribution in [0.5, 0.6) is 11.5 Å². The van der Waals surface area contributed by atoms with Gasteiger partial charge in [0.15, 0.2) is 11.5 Å². The molecule has 0 radical (unpaired) electrons. The molecule has 0 heterocycles. The van der Waals surface area contributed by atoms with E-state index >= 15 is 0 Å². The highest BCUT2D eigenvalue weighted by Gasteiger charge is 2.62. The molecule has 3 atom stereocenters. The number of ether oxygens (including phenoxy) is 3. The van der Waals surface area contributed by atoms with E-state index in [-0.39, 0.29) is 30.5 Å². The van der Waals surface area contributed by atoms with Crippen molar-refractivity contribution < 1.29 is 19.0 Å². The number of benzene rings is 1. The Balaban J connectivity index is 0.00000338. The first kappa shape index (κ1) is 22.5. The van der Waals surface area contributed by atoms with Crippen molar-refractivity contribution in [3.05, 3.63) is 24.3 Å². The lowest BCUT2D eigenvalue weighted by Crippen LogP contribution is -2.76. The van der Waals surface area contributed by atoms with Gasteiger partial charge < -0.3 is 25.3 Å². The fourth-order valence-corrected chi connectivity index (χ4v) is 3.19. The number of carbonyl (C=O) groups is 1. The van der Waals surface area contributed by atoms with Crippen molar-refractivity contribution in [1.82, 2.24) is 5.32 Å². The van der Waals surface area contributed by atoms with Gasteiger partial charge in [-0.15, -0.1) is 12.4 Å². The summed E-state index contributed by atoms with van der Waals surface area (Å²) < 4.78 is 16.8. The van der Waals surface area contributed by atoms with Gasteiger partial charge in [-0.05, 0) is 26.0 Å². The van der Waals surface area contributed by atoms with Gasteiger partial charge in [0, 0.05) is 18.4 Å². The minimum absolute atomic E-state index is 0. The molecular weight excluding hydrogens is 356 g/mol. The number of nitrogens with one attached hydrogen (secondary N) is 1. The molecule has 3 unspecified atom stereocenters. The fourth-order valence-electron chi connectivity index (χ4n) is 3.19. The summed E-state index contributed by atoms with van der Waals surface area (Å²) in [5.74, 6) is 1.15. The van der Waals surface area contributed by atoms with Crippen LogP contribution in [0.2, 0.25) is 0 Å². The average molecular weight is 387 g/mol. The first-order valence-corrected chi connectivity index (χ1v) is 8.74. The average Bonchev–Trinajstić information content (AvgIpc) is 2.59. The van der Waals surface area contributed by atoms with Crippen molar-refractivity contribution in [2.75, 3.05) is 20.3 Å². The number of rotatable bonds is 8. The van der Waals surface area contributed by atoms with Crippen LogP contribution < -0.4 is 20.5 Å². The van der Waals surface area contributed by atoms with Crippen molar-refractivity contribution in [3.63, 3.8) is 0 Å². The molecule has 0 aromatic heterocycles. The second kappa shape index (κ2) is 8.93. The lowest BCUT2D eigenvalue weighted by atomic mass is 9.54. The highest BCUT2D eigenvalue weighted by Crippen LogP contribution is 2.49. The SMILES string of the molecule is CCOC1CC(N)(C(=O)NCC(C)Oc2ccccc2OC)C1(C)C.Cl. The molecule has 7 heteroatoms. The Morgan fingerprint density at radius 1 is 1.35 bits per heavy atom. The smallest absolute Gasteiger partial charge is 0.240 e. The summed E-state index contributed by atoms with van der Waals surface area (Å²) >= 11 is 0. The molecule has 1 saturated carbocycles. The summed E-state index contributed by atoms with van der Waals surface area (Å²) in [5.41, 5.74) is 5.05. The van der Waals surface area contributed by atoms with E-state index in [0.29, 0.717) is 31.1 Å². The van der Waals surface area contributed by atoms with Gasteiger partial charge >= 0.3 is 0 Å². The maximum Gasteiger partial charge on any atom is 0.240 e. The summed E-state index contributed by atoms with van der Waals surface area (Å²) in [6.45, 7) is 8.78. The van der Waals surface area contributed by atoms with Crippen LogP contribution in [0.1, 0.15) is 34.1 Å². The third-order valence-corrected chi connectivity index (χ3v) is 5.18. The van der Waals surface area contributed by atoms with E-state index < -0.39 is 11.0 Å². The van der Waals surface area contributed by atoms with Gasteiger partial charge in [-0.3, -0.25) is 4.79 Å². The molecule has 1 aliphatic carbocycles. The molecule has 0 saturated heterocycles. The van der Waals surface area contributed by atoms with Gasteiger partial charge in [-0.25, -0.2) is 0 Å². The molecule has 6 nitrogen and oxygen atoms in total. The van der Waals surface area contributed by atoms with E-state index in [2.05, 4.69) is 5.32 Å². The third-order valence-electron chi connectivity index (χ3n) is 5.18. The lowest BCUT2D eigenvalue weighted by molar-refractivity contribution is -0.170. The van der Waals surface area contributed by atoms with Gasteiger partial charge in [-0.2, -0.15) is 0 Å². The molecule has 3 N–H and O–H groups in total. The van der Waals surface area contributed by atoms with Gasteiger partial charge in [0.05, 0.1) is 19.8 Å². The first-order valence-electron chi connectivity index (χ1n) is 8.74. The number of hydrogen-bond donors (Lipinski definition) is 2. The molecule has 0 bridgehead atoms. The van der Waals surface area contributed by atoms with Crippen LogP contribution in [-0.4, -0.2) is 43.9 Å². The minimum atomic E-state index is -0.920. The predicted molar refractivity (Wildman–Crippen MR) is 104 cm³/mol. The second-order valence-electron chi connectivity index (χ2n) is 7.13. The number of para-hydroxylation sites is 2. The van der Waals surface area contributed by atoms with E-state index in [0.717, 1.165) is 0 Å². The summed E-state index contributed by atoms with van der Waals surface area (Å²) in [6.07, 6.45) is 0.326. The fraction of sp³-hybridized carbons (Fsp3) is 0.632. The molecule has 26 heavy (non-hydrogen) atoms. The Morgan fingerprint density at radius 2 is 1.96 bits per heavy atom. The summed E-state index contributed by atoms with van der Waals surface area (Å²) in [5, 5.41) is 2.92. The molecule has 148 valence electrons. The van der Waals surface area contributed by atoms with Crippen LogP contribution in [0.15, 0.2) is 24.3 Å². The quantitative estimate of drug-likeness (QED) is 0.717. The molecule has 1 aromatic rings. The van der Waals surface area contributed by atoms with Gasteiger partial charge in [0.25, 0.3) is 0 Å². The van der Waals surface area contributed by atoms with Crippen LogP contribution in [0, 0.1) is 5.41 Å². The van der Waals surface area contributed by atoms with Crippen molar-refractivity contribution in [2.45, 2.75) is 51.9 Å². The lowest BCUT2D eigenvalue weighted by Gasteiger charge is -2.57. The maximum absolute atomic E-state index is 12.6. The van der Waals surface area contributed by atoms with Crippen LogP contribution in [0.25, 0.3) is 0 Å². The molecule has 1 aromatic carbocycles. The van der Waals surface area contributed by atoms with E-state index in [1.807, 2.05) is 52.0 Å². The summed E-state index contributed by atoms with van der Waals surface area (Å²) in [6, 6.07) is 7.43. The number of nitrogens with two attached hydrogens (primary N) is 1. The number of methoxy groups -OCH3 is 1. The molecule has 0 spiro atoms. The highest BCUT2D eigenvalue weighted by molar-refractivity contribution is 5.88.